The summed E-state index contributed by atoms with van der Waals surface area (Å²) in [7, 11) is 0. The zero-order chi connectivity index (χ0) is 17.5. The van der Waals surface area contributed by atoms with Crippen molar-refractivity contribution in [2.45, 2.75) is 6.92 Å². The Bertz CT molecular complexity index is 769. The maximum atomic E-state index is 12.7. The number of rotatable bonds is 3. The zero-order valence-corrected chi connectivity index (χ0v) is 13.2. The zero-order valence-electron chi connectivity index (χ0n) is 13.2. The molecule has 3 rings (SSSR count). The molecule has 24 heavy (non-hydrogen) atoms. The fourth-order valence-electron chi connectivity index (χ4n) is 3.67. The van der Waals surface area contributed by atoms with Gasteiger partial charge in [-0.3, -0.25) is 14.4 Å². The third-order valence-electron chi connectivity index (χ3n) is 5.00. The van der Waals surface area contributed by atoms with Crippen LogP contribution in [-0.2, 0) is 9.59 Å². The number of hydrogen-bond acceptors (Lipinski definition) is 4. The molecule has 0 saturated carbocycles. The summed E-state index contributed by atoms with van der Waals surface area (Å²) in [6.07, 6.45) is 0. The van der Waals surface area contributed by atoms with Crippen LogP contribution >= 0.6 is 0 Å². The Morgan fingerprint density at radius 1 is 1.38 bits per heavy atom. The highest BCUT2D eigenvalue weighted by Gasteiger charge is 2.62. The summed E-state index contributed by atoms with van der Waals surface area (Å²) in [5.41, 5.74) is -0.782. The Hall–Kier alpha value is -2.88. The van der Waals surface area contributed by atoms with Crippen molar-refractivity contribution in [1.82, 2.24) is 9.80 Å². The first-order valence-corrected chi connectivity index (χ1v) is 7.75. The molecule has 2 heterocycles. The Morgan fingerprint density at radius 3 is 2.67 bits per heavy atom. The van der Waals surface area contributed by atoms with Gasteiger partial charge in [-0.2, -0.15) is 5.26 Å². The summed E-state index contributed by atoms with van der Waals surface area (Å²) in [6.45, 7) is 2.43. The van der Waals surface area contributed by atoms with Crippen molar-refractivity contribution in [3.8, 4) is 6.07 Å². The minimum Gasteiger partial charge on any atom is -0.481 e. The van der Waals surface area contributed by atoms with Gasteiger partial charge in [0.15, 0.2) is 0 Å². The third kappa shape index (κ3) is 2.14. The molecule has 7 heteroatoms. The molecular formula is C17H17N3O4. The summed E-state index contributed by atoms with van der Waals surface area (Å²) in [5, 5.41) is 18.9. The molecule has 2 fully saturated rings. The highest BCUT2D eigenvalue weighted by atomic mass is 16.4. The number of likely N-dealkylation sites (tertiary alicyclic amines) is 2. The standard InChI is InChI=1S/C17H17N3O4/c1-2-19-9-17(16(23)24)10-20(8-13(17)15(19)22)14(21)12-6-4-3-5-11(12)7-18/h3-6,13H,2,8-10H2,1H3,(H,23,24)/t13-,17+/m1/s1. The first-order chi connectivity index (χ1) is 11.4. The lowest BCUT2D eigenvalue weighted by Crippen LogP contribution is -2.42. The fraction of sp³-hybridized carbons (Fsp3) is 0.412. The monoisotopic (exact) mass is 327 g/mol. The van der Waals surface area contributed by atoms with Gasteiger partial charge in [0.25, 0.3) is 5.91 Å². The van der Waals surface area contributed by atoms with E-state index in [-0.39, 0.29) is 36.7 Å². The van der Waals surface area contributed by atoms with Crippen molar-refractivity contribution in [2.24, 2.45) is 11.3 Å². The average Bonchev–Trinajstić information content (AvgIpc) is 3.10. The second-order valence-corrected chi connectivity index (χ2v) is 6.21. The topological polar surface area (TPSA) is 102 Å². The van der Waals surface area contributed by atoms with E-state index in [2.05, 4.69) is 0 Å². The molecule has 1 aromatic carbocycles. The van der Waals surface area contributed by atoms with E-state index in [4.69, 9.17) is 5.26 Å². The Kier molecular flexibility index (Phi) is 3.76. The number of nitriles is 1. The summed E-state index contributed by atoms with van der Waals surface area (Å²) in [6, 6.07) is 8.37. The number of carbonyl (C=O) groups is 3. The lowest BCUT2D eigenvalue weighted by Gasteiger charge is -2.24. The summed E-state index contributed by atoms with van der Waals surface area (Å²) < 4.78 is 0. The molecule has 1 aromatic rings. The first-order valence-electron chi connectivity index (χ1n) is 7.75. The molecule has 124 valence electrons. The largest absolute Gasteiger partial charge is 0.481 e. The highest BCUT2D eigenvalue weighted by Crippen LogP contribution is 2.44. The summed E-state index contributed by atoms with van der Waals surface area (Å²) in [4.78, 5) is 40.0. The molecule has 0 aliphatic carbocycles. The number of amides is 2. The molecule has 0 spiro atoms. The molecule has 0 unspecified atom stereocenters. The molecule has 2 aliphatic heterocycles. The minimum absolute atomic E-state index is 0.0200. The van der Waals surface area contributed by atoms with Crippen LogP contribution in [0.15, 0.2) is 24.3 Å². The van der Waals surface area contributed by atoms with Crippen LogP contribution in [0.1, 0.15) is 22.8 Å². The van der Waals surface area contributed by atoms with Crippen LogP contribution in [0.4, 0.5) is 0 Å². The van der Waals surface area contributed by atoms with Gasteiger partial charge >= 0.3 is 5.97 Å². The van der Waals surface area contributed by atoms with Crippen LogP contribution in [0.25, 0.3) is 0 Å². The van der Waals surface area contributed by atoms with Crippen LogP contribution in [0.5, 0.6) is 0 Å². The number of hydrogen-bond donors (Lipinski definition) is 1. The number of aliphatic carboxylic acids is 1. The molecule has 2 atom stereocenters. The van der Waals surface area contributed by atoms with Crippen LogP contribution in [0.2, 0.25) is 0 Å². The summed E-state index contributed by atoms with van der Waals surface area (Å²) >= 11 is 0. The van der Waals surface area contributed by atoms with Crippen molar-refractivity contribution in [3.05, 3.63) is 35.4 Å². The van der Waals surface area contributed by atoms with E-state index in [0.717, 1.165) is 0 Å². The molecule has 7 nitrogen and oxygen atoms in total. The molecule has 1 N–H and O–H groups in total. The van der Waals surface area contributed by atoms with Crippen molar-refractivity contribution in [2.75, 3.05) is 26.2 Å². The number of nitrogens with zero attached hydrogens (tertiary/aromatic N) is 3. The lowest BCUT2D eigenvalue weighted by molar-refractivity contribution is -0.149. The van der Waals surface area contributed by atoms with E-state index >= 15 is 0 Å². The number of benzene rings is 1. The van der Waals surface area contributed by atoms with Crippen molar-refractivity contribution in [1.29, 1.82) is 5.26 Å². The molecule has 2 amide bonds. The van der Waals surface area contributed by atoms with E-state index < -0.39 is 23.2 Å². The molecule has 2 aliphatic rings. The Labute approximate surface area is 139 Å². The van der Waals surface area contributed by atoms with Crippen LogP contribution in [0, 0.1) is 22.7 Å². The molecule has 0 radical (unpaired) electrons. The van der Waals surface area contributed by atoms with E-state index in [1.54, 1.807) is 31.2 Å². The Morgan fingerprint density at radius 2 is 2.08 bits per heavy atom. The van der Waals surface area contributed by atoms with Gasteiger partial charge in [-0.25, -0.2) is 0 Å². The minimum atomic E-state index is -1.26. The lowest BCUT2D eigenvalue weighted by atomic mass is 9.81. The molecule has 0 aromatic heterocycles. The Balaban J connectivity index is 1.92. The van der Waals surface area contributed by atoms with E-state index in [1.165, 1.54) is 9.80 Å². The third-order valence-corrected chi connectivity index (χ3v) is 5.00. The number of carboxylic acids is 1. The van der Waals surface area contributed by atoms with E-state index in [1.807, 2.05) is 6.07 Å². The summed E-state index contributed by atoms with van der Waals surface area (Å²) in [5.74, 6) is -2.41. The van der Waals surface area contributed by atoms with Gasteiger partial charge in [-0.15, -0.1) is 0 Å². The smallest absolute Gasteiger partial charge is 0.314 e. The number of carboxylic acid groups (broad SMARTS) is 1. The van der Waals surface area contributed by atoms with Gasteiger partial charge in [0.05, 0.1) is 23.1 Å². The van der Waals surface area contributed by atoms with Gasteiger partial charge in [-0.1, -0.05) is 12.1 Å². The quantitative estimate of drug-likeness (QED) is 0.874. The second kappa shape index (κ2) is 5.64. The van der Waals surface area contributed by atoms with Crippen molar-refractivity contribution < 1.29 is 19.5 Å². The van der Waals surface area contributed by atoms with Crippen molar-refractivity contribution in [3.63, 3.8) is 0 Å². The normalized spacial score (nSPS) is 25.5. The van der Waals surface area contributed by atoms with Gasteiger partial charge in [0, 0.05) is 26.2 Å². The molecule has 2 saturated heterocycles. The molecular weight excluding hydrogens is 310 g/mol. The van der Waals surface area contributed by atoms with Crippen LogP contribution in [-0.4, -0.2) is 58.9 Å². The SMILES string of the molecule is CCN1C[C@]2(C(=O)O)CN(C(=O)c3ccccc3C#N)C[C@@H]2C1=O. The first kappa shape index (κ1) is 16.0. The predicted octanol–water partition coefficient (Wildman–Crippen LogP) is 0.563. The fourth-order valence-corrected chi connectivity index (χ4v) is 3.67. The molecule has 0 bridgehead atoms. The average molecular weight is 327 g/mol. The van der Waals surface area contributed by atoms with Gasteiger partial charge in [-0.05, 0) is 19.1 Å². The van der Waals surface area contributed by atoms with Gasteiger partial charge in [0.2, 0.25) is 5.91 Å². The van der Waals surface area contributed by atoms with Gasteiger partial charge in [0.1, 0.15) is 5.41 Å². The van der Waals surface area contributed by atoms with Gasteiger partial charge < -0.3 is 14.9 Å². The second-order valence-electron chi connectivity index (χ2n) is 6.21. The predicted molar refractivity (Wildman–Crippen MR) is 82.9 cm³/mol. The van der Waals surface area contributed by atoms with E-state index in [9.17, 15) is 19.5 Å². The van der Waals surface area contributed by atoms with Crippen LogP contribution < -0.4 is 0 Å². The maximum Gasteiger partial charge on any atom is 0.314 e. The maximum absolute atomic E-state index is 12.7. The highest BCUT2D eigenvalue weighted by molar-refractivity contribution is 5.99. The van der Waals surface area contributed by atoms with Crippen molar-refractivity contribution >= 4 is 17.8 Å². The van der Waals surface area contributed by atoms with Crippen LogP contribution in [0.3, 0.4) is 0 Å². The number of carbonyl (C=O) groups excluding carboxylic acids is 2. The van der Waals surface area contributed by atoms with E-state index in [0.29, 0.717) is 6.54 Å². The number of fused-ring (bicyclic) bond motifs is 1.